The van der Waals surface area contributed by atoms with Crippen LogP contribution in [-0.4, -0.2) is 0 Å². The van der Waals surface area contributed by atoms with Gasteiger partial charge in [0.1, 0.15) is 0 Å². The highest BCUT2D eigenvalue weighted by Crippen LogP contribution is 2.17. The maximum Gasteiger partial charge on any atom is 0.0162 e. The van der Waals surface area contributed by atoms with Gasteiger partial charge in [0.25, 0.3) is 0 Å². The Morgan fingerprint density at radius 3 is 1.38 bits per heavy atom. The lowest BCUT2D eigenvalue weighted by molar-refractivity contribution is 0.948. The molecule has 0 N–H and O–H groups in total. The van der Waals surface area contributed by atoms with Gasteiger partial charge < -0.3 is 0 Å². The van der Waals surface area contributed by atoms with Crippen LogP contribution < -0.4 is 0 Å². The lowest BCUT2D eigenvalue weighted by atomic mass is 10.0. The monoisotopic (exact) mass is 434 g/mol. The van der Waals surface area contributed by atoms with E-state index in [2.05, 4.69) is 93.7 Å². The van der Waals surface area contributed by atoms with Gasteiger partial charge in [0.05, 0.1) is 0 Å². The predicted octanol–water partition coefficient (Wildman–Crippen LogP) is 4.68. The van der Waals surface area contributed by atoms with Crippen LogP contribution >= 0.6 is 45.2 Å². The Kier molecular flexibility index (Phi) is 4.64. The fourth-order valence-corrected chi connectivity index (χ4v) is 2.99. The highest BCUT2D eigenvalue weighted by molar-refractivity contribution is 14.1. The maximum atomic E-state index is 2.41. The van der Waals surface area contributed by atoms with Crippen molar-refractivity contribution in [2.24, 2.45) is 0 Å². The molecule has 0 aliphatic rings. The molecule has 2 aromatic carbocycles. The van der Waals surface area contributed by atoms with Crippen LogP contribution in [0.2, 0.25) is 0 Å². The van der Waals surface area contributed by atoms with Crippen LogP contribution in [0.1, 0.15) is 11.1 Å². The summed E-state index contributed by atoms with van der Waals surface area (Å²) < 4.78 is 2.73. The van der Waals surface area contributed by atoms with Crippen molar-refractivity contribution in [3.63, 3.8) is 0 Å². The van der Waals surface area contributed by atoms with Gasteiger partial charge in [-0.2, -0.15) is 0 Å². The van der Waals surface area contributed by atoms with Gasteiger partial charge in [-0.3, -0.25) is 0 Å². The van der Waals surface area contributed by atoms with Gasteiger partial charge in [-0.15, -0.1) is 0 Å². The predicted molar refractivity (Wildman–Crippen MR) is 85.7 cm³/mol. The first-order valence-electron chi connectivity index (χ1n) is 5.24. The highest BCUT2D eigenvalue weighted by atomic mass is 127. The van der Waals surface area contributed by atoms with Crippen LogP contribution in [0.4, 0.5) is 0 Å². The molecular formula is C14H12I2. The van der Waals surface area contributed by atoms with E-state index in [1.807, 2.05) is 0 Å². The number of rotatable bonds is 3. The van der Waals surface area contributed by atoms with Gasteiger partial charge in [0, 0.05) is 7.14 Å². The summed E-state index contributed by atoms with van der Waals surface area (Å²) >= 11 is 4.82. The second-order valence-corrected chi connectivity index (χ2v) is 6.01. The number of benzene rings is 2. The molecule has 2 heteroatoms. The highest BCUT2D eigenvalue weighted by Gasteiger charge is 2.01. The summed E-state index contributed by atoms with van der Waals surface area (Å²) in [4.78, 5) is 0. The summed E-state index contributed by atoms with van der Waals surface area (Å²) in [5, 5.41) is 0. The molecule has 0 radical (unpaired) electrons. The van der Waals surface area contributed by atoms with Gasteiger partial charge >= 0.3 is 0 Å². The summed E-state index contributed by atoms with van der Waals surface area (Å²) in [5.41, 5.74) is 2.89. The molecule has 0 aliphatic carbocycles. The molecule has 2 rings (SSSR count). The topological polar surface area (TPSA) is 0 Å². The molecule has 0 bridgehead atoms. The molecular weight excluding hydrogens is 422 g/mol. The number of hydrogen-bond acceptors (Lipinski definition) is 0. The van der Waals surface area contributed by atoms with E-state index < -0.39 is 0 Å². The molecule has 0 saturated heterocycles. The van der Waals surface area contributed by atoms with Gasteiger partial charge in [-0.1, -0.05) is 36.4 Å². The van der Waals surface area contributed by atoms with Crippen LogP contribution in [-0.2, 0) is 12.8 Å². The Morgan fingerprint density at radius 2 is 1.00 bits per heavy atom. The lowest BCUT2D eigenvalue weighted by Crippen LogP contribution is -1.95. The van der Waals surface area contributed by atoms with Crippen molar-refractivity contribution in [3.8, 4) is 0 Å². The van der Waals surface area contributed by atoms with Crippen molar-refractivity contribution in [1.82, 2.24) is 0 Å². The fourth-order valence-electron chi connectivity index (χ4n) is 1.67. The van der Waals surface area contributed by atoms with E-state index >= 15 is 0 Å². The molecule has 0 saturated carbocycles. The molecule has 2 aromatic rings. The van der Waals surface area contributed by atoms with Crippen LogP contribution in [0.25, 0.3) is 0 Å². The van der Waals surface area contributed by atoms with Crippen LogP contribution in [0, 0.1) is 7.14 Å². The van der Waals surface area contributed by atoms with Gasteiger partial charge in [-0.05, 0) is 81.3 Å². The van der Waals surface area contributed by atoms with E-state index in [4.69, 9.17) is 0 Å². The minimum absolute atomic E-state index is 1.12. The molecule has 0 nitrogen and oxygen atoms in total. The molecule has 0 atom stereocenters. The maximum absolute atomic E-state index is 2.41. The smallest absolute Gasteiger partial charge is 0.0162 e. The van der Waals surface area contributed by atoms with Crippen molar-refractivity contribution in [1.29, 1.82) is 0 Å². The Labute approximate surface area is 124 Å². The van der Waals surface area contributed by atoms with Crippen LogP contribution in [0.3, 0.4) is 0 Å². The second-order valence-electron chi connectivity index (χ2n) is 3.68. The van der Waals surface area contributed by atoms with E-state index in [1.165, 1.54) is 18.3 Å². The third kappa shape index (κ3) is 3.20. The summed E-state index contributed by atoms with van der Waals surface area (Å²) in [6, 6.07) is 17.2. The fraction of sp³-hybridized carbons (Fsp3) is 0.143. The first-order valence-corrected chi connectivity index (χ1v) is 7.40. The normalized spacial score (nSPS) is 10.4. The number of halogens is 2. The zero-order valence-corrected chi connectivity index (χ0v) is 13.1. The van der Waals surface area contributed by atoms with Gasteiger partial charge in [0.15, 0.2) is 0 Å². The quantitative estimate of drug-likeness (QED) is 0.616. The Morgan fingerprint density at radius 1 is 0.625 bits per heavy atom. The van der Waals surface area contributed by atoms with E-state index in [0.717, 1.165) is 12.8 Å². The third-order valence-corrected chi connectivity index (χ3v) is 4.68. The van der Waals surface area contributed by atoms with Crippen molar-refractivity contribution in [3.05, 3.63) is 66.8 Å². The van der Waals surface area contributed by atoms with E-state index in [0.29, 0.717) is 0 Å². The first-order chi connectivity index (χ1) is 7.77. The average Bonchev–Trinajstić information content (AvgIpc) is 2.30. The van der Waals surface area contributed by atoms with Crippen LogP contribution in [0.5, 0.6) is 0 Å². The average molecular weight is 434 g/mol. The first kappa shape index (κ1) is 12.4. The minimum Gasteiger partial charge on any atom is -0.0619 e. The third-order valence-electron chi connectivity index (χ3n) is 2.58. The zero-order chi connectivity index (χ0) is 11.4. The van der Waals surface area contributed by atoms with Crippen molar-refractivity contribution in [2.75, 3.05) is 0 Å². The summed E-state index contributed by atoms with van der Waals surface area (Å²) in [6.45, 7) is 0. The van der Waals surface area contributed by atoms with E-state index in [9.17, 15) is 0 Å². The number of aryl methyl sites for hydroxylation is 2. The molecule has 0 heterocycles. The van der Waals surface area contributed by atoms with Gasteiger partial charge in [0.2, 0.25) is 0 Å². The second kappa shape index (κ2) is 6.00. The largest absolute Gasteiger partial charge is 0.0619 e. The molecule has 0 aliphatic heterocycles. The molecule has 0 fully saturated rings. The minimum atomic E-state index is 1.12. The number of hydrogen-bond donors (Lipinski definition) is 0. The molecule has 0 aromatic heterocycles. The Hall–Kier alpha value is -0.100. The molecule has 0 amide bonds. The molecule has 0 unspecified atom stereocenters. The van der Waals surface area contributed by atoms with Crippen LogP contribution in [0.15, 0.2) is 48.5 Å². The van der Waals surface area contributed by atoms with E-state index in [1.54, 1.807) is 0 Å². The summed E-state index contributed by atoms with van der Waals surface area (Å²) in [7, 11) is 0. The lowest BCUT2D eigenvalue weighted by Gasteiger charge is -2.06. The summed E-state index contributed by atoms with van der Waals surface area (Å²) in [5.74, 6) is 0. The summed E-state index contributed by atoms with van der Waals surface area (Å²) in [6.07, 6.45) is 2.25. The van der Waals surface area contributed by atoms with E-state index in [-0.39, 0.29) is 0 Å². The molecule has 82 valence electrons. The van der Waals surface area contributed by atoms with Crippen molar-refractivity contribution < 1.29 is 0 Å². The molecule has 16 heavy (non-hydrogen) atoms. The zero-order valence-electron chi connectivity index (χ0n) is 8.79. The SMILES string of the molecule is Ic1ccccc1CCc1ccccc1I. The van der Waals surface area contributed by atoms with Crippen molar-refractivity contribution in [2.45, 2.75) is 12.8 Å². The Bertz CT molecular complexity index is 432. The van der Waals surface area contributed by atoms with Crippen molar-refractivity contribution >= 4 is 45.2 Å². The Balaban J connectivity index is 2.09. The van der Waals surface area contributed by atoms with Gasteiger partial charge in [-0.25, -0.2) is 0 Å². The molecule has 0 spiro atoms. The standard InChI is InChI=1S/C14H12I2/c15-13-7-3-1-5-11(13)9-10-12-6-2-4-8-14(12)16/h1-8H,9-10H2.